The van der Waals surface area contributed by atoms with Gasteiger partial charge in [0.05, 0.1) is 0 Å². The lowest BCUT2D eigenvalue weighted by Crippen LogP contribution is -2.45. The first-order chi connectivity index (χ1) is 13.3. The van der Waals surface area contributed by atoms with E-state index >= 15 is 0 Å². The molecule has 29 heavy (non-hydrogen) atoms. The van der Waals surface area contributed by atoms with Crippen molar-refractivity contribution in [3.63, 3.8) is 0 Å². The summed E-state index contributed by atoms with van der Waals surface area (Å²) in [4.78, 5) is 30.0. The maximum Gasteiger partial charge on any atom is 0.325 e. The van der Waals surface area contributed by atoms with E-state index in [0.29, 0.717) is 37.8 Å². The van der Waals surface area contributed by atoms with Gasteiger partial charge in [0.15, 0.2) is 5.96 Å². The van der Waals surface area contributed by atoms with Crippen LogP contribution in [0.3, 0.4) is 0 Å². The Bertz CT molecular complexity index is 712. The Balaban J connectivity index is 0.00000420. The Labute approximate surface area is 191 Å². The first kappa shape index (κ1) is 25.2. The van der Waals surface area contributed by atoms with Crippen LogP contribution in [0.1, 0.15) is 52.0 Å². The van der Waals surface area contributed by atoms with Gasteiger partial charge in [0.2, 0.25) is 0 Å². The summed E-state index contributed by atoms with van der Waals surface area (Å²) < 4.78 is 0. The molecule has 3 unspecified atom stereocenters. The van der Waals surface area contributed by atoms with Gasteiger partial charge in [-0.25, -0.2) is 4.79 Å². The second-order valence-corrected chi connectivity index (χ2v) is 7.56. The Kier molecular flexibility index (Phi) is 9.88. The van der Waals surface area contributed by atoms with E-state index in [1.54, 1.807) is 14.0 Å². The molecule has 162 valence electrons. The van der Waals surface area contributed by atoms with Gasteiger partial charge in [-0.3, -0.25) is 14.7 Å². The minimum Gasteiger partial charge on any atom is -0.356 e. The molecule has 1 fully saturated rings. The van der Waals surface area contributed by atoms with Gasteiger partial charge >= 0.3 is 6.03 Å². The summed E-state index contributed by atoms with van der Waals surface area (Å²) in [7, 11) is 1.74. The van der Waals surface area contributed by atoms with Crippen LogP contribution in [0.2, 0.25) is 0 Å². The molecule has 3 N–H and O–H groups in total. The standard InChI is InChI=1S/C21H33N5O2.HI/c1-6-21(4)18(27)26(20(28)25-21)14-10-13-23-19(22-5)24-16(3)15(2)17-11-8-7-9-12-17;/h7-9,11-12,15-16H,6,10,13-14H2,1-5H3,(H,25,28)(H2,22,23,24);1H. The predicted molar refractivity (Wildman–Crippen MR) is 128 cm³/mol. The minimum atomic E-state index is -0.773. The number of hydrogen-bond acceptors (Lipinski definition) is 3. The molecule has 3 atom stereocenters. The number of nitrogens with one attached hydrogen (secondary N) is 3. The number of nitrogens with zero attached hydrogens (tertiary/aromatic N) is 2. The van der Waals surface area contributed by atoms with Crippen molar-refractivity contribution in [1.29, 1.82) is 0 Å². The molecule has 0 aliphatic carbocycles. The second kappa shape index (κ2) is 11.4. The zero-order valence-corrected chi connectivity index (χ0v) is 20.3. The highest BCUT2D eigenvalue weighted by molar-refractivity contribution is 14.0. The van der Waals surface area contributed by atoms with Crippen molar-refractivity contribution in [3.05, 3.63) is 35.9 Å². The molecule has 8 heteroatoms. The SMILES string of the molecule is CCC1(C)NC(=O)N(CCCNC(=NC)NC(C)C(C)c2ccccc2)C1=O.I. The molecule has 0 radical (unpaired) electrons. The van der Waals surface area contributed by atoms with Crippen LogP contribution >= 0.6 is 24.0 Å². The lowest BCUT2D eigenvalue weighted by Gasteiger charge is -2.24. The third kappa shape index (κ3) is 6.32. The van der Waals surface area contributed by atoms with E-state index in [1.165, 1.54) is 10.5 Å². The van der Waals surface area contributed by atoms with Crippen molar-refractivity contribution < 1.29 is 9.59 Å². The third-order valence-electron chi connectivity index (χ3n) is 5.57. The summed E-state index contributed by atoms with van der Waals surface area (Å²) in [5, 5.41) is 9.45. The Morgan fingerprint density at radius 2 is 1.90 bits per heavy atom. The molecule has 1 heterocycles. The fourth-order valence-corrected chi connectivity index (χ4v) is 3.21. The highest BCUT2D eigenvalue weighted by Gasteiger charge is 2.45. The Morgan fingerprint density at radius 3 is 2.45 bits per heavy atom. The summed E-state index contributed by atoms with van der Waals surface area (Å²) in [6, 6.07) is 10.3. The lowest BCUT2D eigenvalue weighted by atomic mass is 9.94. The van der Waals surface area contributed by atoms with E-state index < -0.39 is 5.54 Å². The number of urea groups is 1. The summed E-state index contributed by atoms with van der Waals surface area (Å²) in [5.74, 6) is 0.899. The van der Waals surface area contributed by atoms with Crippen LogP contribution in [0.15, 0.2) is 35.3 Å². The number of aliphatic imine (C=N–C) groups is 1. The first-order valence-electron chi connectivity index (χ1n) is 9.98. The molecule has 1 aromatic carbocycles. The van der Waals surface area contributed by atoms with Crippen molar-refractivity contribution in [3.8, 4) is 0 Å². The molecule has 1 aliphatic heterocycles. The molecular weight excluding hydrogens is 481 g/mol. The number of hydrogen-bond donors (Lipinski definition) is 3. The molecule has 7 nitrogen and oxygen atoms in total. The van der Waals surface area contributed by atoms with Crippen LogP contribution in [0.4, 0.5) is 4.79 Å². The predicted octanol–water partition coefficient (Wildman–Crippen LogP) is 3.07. The first-order valence-corrected chi connectivity index (χ1v) is 9.98. The smallest absolute Gasteiger partial charge is 0.325 e. The fourth-order valence-electron chi connectivity index (χ4n) is 3.21. The van der Waals surface area contributed by atoms with E-state index in [1.807, 2.05) is 25.1 Å². The second-order valence-electron chi connectivity index (χ2n) is 7.56. The fraction of sp³-hybridized carbons (Fsp3) is 0.571. The third-order valence-corrected chi connectivity index (χ3v) is 5.57. The average molecular weight is 515 g/mol. The maximum atomic E-state index is 12.4. The molecule has 0 saturated carbocycles. The highest BCUT2D eigenvalue weighted by atomic mass is 127. The largest absolute Gasteiger partial charge is 0.356 e. The van der Waals surface area contributed by atoms with Gasteiger partial charge in [0.25, 0.3) is 5.91 Å². The monoisotopic (exact) mass is 515 g/mol. The van der Waals surface area contributed by atoms with Gasteiger partial charge in [-0.15, -0.1) is 24.0 Å². The van der Waals surface area contributed by atoms with E-state index in [4.69, 9.17) is 0 Å². The highest BCUT2D eigenvalue weighted by Crippen LogP contribution is 2.21. The Morgan fingerprint density at radius 1 is 1.24 bits per heavy atom. The Hall–Kier alpha value is -1.84. The number of amides is 3. The molecule has 2 rings (SSSR count). The lowest BCUT2D eigenvalue weighted by molar-refractivity contribution is -0.130. The minimum absolute atomic E-state index is 0. The number of benzene rings is 1. The van der Waals surface area contributed by atoms with Gasteiger partial charge in [-0.2, -0.15) is 0 Å². The molecule has 0 bridgehead atoms. The van der Waals surface area contributed by atoms with Crippen molar-refractivity contribution in [2.24, 2.45) is 4.99 Å². The van der Waals surface area contributed by atoms with E-state index in [0.717, 1.165) is 0 Å². The number of imide groups is 1. The zero-order chi connectivity index (χ0) is 20.7. The van der Waals surface area contributed by atoms with Gasteiger partial charge in [-0.1, -0.05) is 44.2 Å². The van der Waals surface area contributed by atoms with E-state index in [9.17, 15) is 9.59 Å². The normalized spacial score (nSPS) is 21.3. The number of carbonyl (C=O) groups is 2. The summed E-state index contributed by atoms with van der Waals surface area (Å²) >= 11 is 0. The van der Waals surface area contributed by atoms with Crippen molar-refractivity contribution in [2.45, 2.75) is 58.0 Å². The quantitative estimate of drug-likeness (QED) is 0.163. The molecule has 1 aromatic rings. The molecule has 3 amide bonds. The van der Waals surface area contributed by atoms with E-state index in [-0.39, 0.29) is 42.0 Å². The van der Waals surface area contributed by atoms with Crippen LogP contribution in [-0.2, 0) is 4.79 Å². The molecule has 0 spiro atoms. The van der Waals surface area contributed by atoms with Gasteiger partial charge in [0, 0.05) is 32.1 Å². The zero-order valence-electron chi connectivity index (χ0n) is 18.0. The van der Waals surface area contributed by atoms with Gasteiger partial charge in [0.1, 0.15) is 5.54 Å². The van der Waals surface area contributed by atoms with Gasteiger partial charge in [-0.05, 0) is 32.3 Å². The van der Waals surface area contributed by atoms with Crippen LogP contribution in [-0.4, -0.2) is 54.5 Å². The molecule has 0 aromatic heterocycles. The molecular formula is C21H34IN5O2. The van der Waals surface area contributed by atoms with Crippen molar-refractivity contribution >= 4 is 41.9 Å². The van der Waals surface area contributed by atoms with Crippen LogP contribution in [0, 0.1) is 0 Å². The molecule has 1 aliphatic rings. The van der Waals surface area contributed by atoms with Crippen LogP contribution in [0.5, 0.6) is 0 Å². The van der Waals surface area contributed by atoms with Crippen LogP contribution in [0.25, 0.3) is 0 Å². The molecule has 1 saturated heterocycles. The summed E-state index contributed by atoms with van der Waals surface area (Å²) in [5.41, 5.74) is 0.501. The summed E-state index contributed by atoms with van der Waals surface area (Å²) in [6.45, 7) is 8.99. The number of guanidine groups is 1. The number of rotatable bonds is 8. The number of carbonyl (C=O) groups excluding carboxylic acids is 2. The number of halogens is 1. The van der Waals surface area contributed by atoms with Crippen molar-refractivity contribution in [1.82, 2.24) is 20.9 Å². The van der Waals surface area contributed by atoms with Crippen LogP contribution < -0.4 is 16.0 Å². The van der Waals surface area contributed by atoms with E-state index in [2.05, 4.69) is 46.9 Å². The summed E-state index contributed by atoms with van der Waals surface area (Å²) in [6.07, 6.45) is 1.24. The van der Waals surface area contributed by atoms with Gasteiger partial charge < -0.3 is 16.0 Å². The van der Waals surface area contributed by atoms with Crippen molar-refractivity contribution in [2.75, 3.05) is 20.1 Å². The maximum absolute atomic E-state index is 12.4. The average Bonchev–Trinajstić information content (AvgIpc) is 2.93. The topological polar surface area (TPSA) is 85.8 Å².